The summed E-state index contributed by atoms with van der Waals surface area (Å²) >= 11 is 0. The molecule has 0 atom stereocenters. The van der Waals surface area contributed by atoms with Crippen molar-refractivity contribution in [2.75, 3.05) is 0 Å². The third kappa shape index (κ3) is 2.52. The van der Waals surface area contributed by atoms with Crippen LogP contribution in [0.3, 0.4) is 0 Å². The van der Waals surface area contributed by atoms with E-state index in [4.69, 9.17) is 5.11 Å². The van der Waals surface area contributed by atoms with Gasteiger partial charge in [0.05, 0.1) is 11.1 Å². The van der Waals surface area contributed by atoms with Gasteiger partial charge in [0.2, 0.25) is 0 Å². The van der Waals surface area contributed by atoms with Crippen LogP contribution in [0.4, 0.5) is 0 Å². The van der Waals surface area contributed by atoms with Crippen molar-refractivity contribution in [1.82, 2.24) is 4.98 Å². The second-order valence-electron chi connectivity index (χ2n) is 4.72. The molecule has 1 N–H and O–H groups in total. The second kappa shape index (κ2) is 5.13. The monoisotopic (exact) mass is 263 g/mol. The molecule has 98 valence electrons. The predicted molar refractivity (Wildman–Crippen MR) is 78.0 cm³/mol. The number of aromatic nitrogens is 1. The zero-order valence-corrected chi connectivity index (χ0v) is 10.8. The van der Waals surface area contributed by atoms with E-state index in [1.807, 2.05) is 36.4 Å². The van der Waals surface area contributed by atoms with Crippen molar-refractivity contribution in [2.45, 2.75) is 6.42 Å². The molecule has 3 heteroatoms. The number of carboxylic acids is 1. The molecule has 2 aromatic carbocycles. The molecule has 3 aromatic rings. The van der Waals surface area contributed by atoms with Gasteiger partial charge >= 0.3 is 5.97 Å². The first-order valence-electron chi connectivity index (χ1n) is 6.38. The Bertz CT molecular complexity index is 766. The van der Waals surface area contributed by atoms with Crippen LogP contribution < -0.4 is 0 Å². The average Bonchev–Trinajstić information content (AvgIpc) is 2.47. The Labute approximate surface area is 116 Å². The standard InChI is InChI=1S/C17H13NO2/c19-17(20)15-10-14-9-13(6-7-16(14)18-11-15)8-12-4-2-1-3-5-12/h1-7,9-11H,8H2,(H,19,20). The molecular formula is C17H13NO2. The number of aromatic carboxylic acids is 1. The number of hydrogen-bond donors (Lipinski definition) is 1. The van der Waals surface area contributed by atoms with E-state index in [9.17, 15) is 4.79 Å². The van der Waals surface area contributed by atoms with Gasteiger partial charge in [-0.15, -0.1) is 0 Å². The Kier molecular flexibility index (Phi) is 3.17. The third-order valence-electron chi connectivity index (χ3n) is 3.24. The molecule has 0 aliphatic carbocycles. The first kappa shape index (κ1) is 12.4. The van der Waals surface area contributed by atoms with Crippen LogP contribution in [0, 0.1) is 0 Å². The zero-order chi connectivity index (χ0) is 13.9. The van der Waals surface area contributed by atoms with Gasteiger partial charge in [-0.2, -0.15) is 0 Å². The lowest BCUT2D eigenvalue weighted by Crippen LogP contribution is -1.97. The molecule has 0 radical (unpaired) electrons. The SMILES string of the molecule is O=C(O)c1cnc2ccc(Cc3ccccc3)cc2c1. The van der Waals surface area contributed by atoms with Crippen LogP contribution in [0.25, 0.3) is 10.9 Å². The number of rotatable bonds is 3. The summed E-state index contributed by atoms with van der Waals surface area (Å²) in [5.74, 6) is -0.951. The molecule has 0 amide bonds. The molecule has 0 saturated heterocycles. The van der Waals surface area contributed by atoms with Gasteiger partial charge in [0.1, 0.15) is 0 Å². The minimum Gasteiger partial charge on any atom is -0.478 e. The number of carbonyl (C=O) groups is 1. The molecule has 0 spiro atoms. The molecule has 0 bridgehead atoms. The van der Waals surface area contributed by atoms with Crippen LogP contribution in [0.15, 0.2) is 60.8 Å². The van der Waals surface area contributed by atoms with Crippen molar-refractivity contribution >= 4 is 16.9 Å². The van der Waals surface area contributed by atoms with Crippen LogP contribution in [0.2, 0.25) is 0 Å². The lowest BCUT2D eigenvalue weighted by Gasteiger charge is -2.04. The Hall–Kier alpha value is -2.68. The van der Waals surface area contributed by atoms with Crippen molar-refractivity contribution in [1.29, 1.82) is 0 Å². The molecule has 3 nitrogen and oxygen atoms in total. The average molecular weight is 263 g/mol. The van der Waals surface area contributed by atoms with E-state index in [2.05, 4.69) is 17.1 Å². The van der Waals surface area contributed by atoms with E-state index in [-0.39, 0.29) is 5.56 Å². The van der Waals surface area contributed by atoms with E-state index >= 15 is 0 Å². The number of fused-ring (bicyclic) bond motifs is 1. The van der Waals surface area contributed by atoms with Crippen molar-refractivity contribution in [2.24, 2.45) is 0 Å². The summed E-state index contributed by atoms with van der Waals surface area (Å²) in [4.78, 5) is 15.2. The Morgan fingerprint density at radius 1 is 1.00 bits per heavy atom. The summed E-state index contributed by atoms with van der Waals surface area (Å²) in [6.45, 7) is 0. The summed E-state index contributed by atoms with van der Waals surface area (Å²) in [5, 5.41) is 9.87. The first-order valence-corrected chi connectivity index (χ1v) is 6.38. The maximum atomic E-state index is 11.0. The van der Waals surface area contributed by atoms with Gasteiger partial charge in [-0.05, 0) is 35.7 Å². The van der Waals surface area contributed by atoms with Gasteiger partial charge in [-0.25, -0.2) is 4.79 Å². The van der Waals surface area contributed by atoms with Crippen molar-refractivity contribution < 1.29 is 9.90 Å². The van der Waals surface area contributed by atoms with Gasteiger partial charge in [-0.1, -0.05) is 36.4 Å². The molecule has 0 aliphatic rings. The molecule has 3 rings (SSSR count). The quantitative estimate of drug-likeness (QED) is 0.786. The molecule has 0 fully saturated rings. The van der Waals surface area contributed by atoms with E-state index in [1.165, 1.54) is 11.8 Å². The minimum absolute atomic E-state index is 0.217. The van der Waals surface area contributed by atoms with E-state index in [0.717, 1.165) is 22.9 Å². The summed E-state index contributed by atoms with van der Waals surface area (Å²) in [7, 11) is 0. The molecular weight excluding hydrogens is 250 g/mol. The fraction of sp³-hybridized carbons (Fsp3) is 0.0588. The van der Waals surface area contributed by atoms with Gasteiger partial charge in [-0.3, -0.25) is 4.98 Å². The van der Waals surface area contributed by atoms with Gasteiger partial charge in [0.15, 0.2) is 0 Å². The highest BCUT2D eigenvalue weighted by Gasteiger charge is 2.05. The summed E-state index contributed by atoms with van der Waals surface area (Å²) in [5.41, 5.74) is 3.41. The molecule has 0 unspecified atom stereocenters. The fourth-order valence-corrected chi connectivity index (χ4v) is 2.24. The molecule has 1 aromatic heterocycles. The Morgan fingerprint density at radius 2 is 1.80 bits per heavy atom. The molecule has 0 aliphatic heterocycles. The number of hydrogen-bond acceptors (Lipinski definition) is 2. The Balaban J connectivity index is 1.99. The van der Waals surface area contributed by atoms with Gasteiger partial charge in [0, 0.05) is 11.6 Å². The van der Waals surface area contributed by atoms with E-state index in [0.29, 0.717) is 0 Å². The Morgan fingerprint density at radius 3 is 2.55 bits per heavy atom. The van der Waals surface area contributed by atoms with Crippen molar-refractivity contribution in [3.8, 4) is 0 Å². The number of benzene rings is 2. The van der Waals surface area contributed by atoms with Crippen molar-refractivity contribution in [3.05, 3.63) is 77.5 Å². The van der Waals surface area contributed by atoms with Gasteiger partial charge in [0.25, 0.3) is 0 Å². The topological polar surface area (TPSA) is 50.2 Å². The third-order valence-corrected chi connectivity index (χ3v) is 3.24. The summed E-state index contributed by atoms with van der Waals surface area (Å²) < 4.78 is 0. The maximum absolute atomic E-state index is 11.0. The summed E-state index contributed by atoms with van der Waals surface area (Å²) in [6.07, 6.45) is 2.22. The number of nitrogens with zero attached hydrogens (tertiary/aromatic N) is 1. The lowest BCUT2D eigenvalue weighted by molar-refractivity contribution is 0.0696. The normalized spacial score (nSPS) is 10.6. The van der Waals surface area contributed by atoms with Crippen LogP contribution in [0.5, 0.6) is 0 Å². The number of carboxylic acid groups (broad SMARTS) is 1. The molecule has 0 saturated carbocycles. The lowest BCUT2D eigenvalue weighted by atomic mass is 10.0. The first-order chi connectivity index (χ1) is 9.72. The smallest absolute Gasteiger partial charge is 0.337 e. The molecule has 20 heavy (non-hydrogen) atoms. The highest BCUT2D eigenvalue weighted by Crippen LogP contribution is 2.18. The second-order valence-corrected chi connectivity index (χ2v) is 4.72. The maximum Gasteiger partial charge on any atom is 0.337 e. The predicted octanol–water partition coefficient (Wildman–Crippen LogP) is 3.52. The highest BCUT2D eigenvalue weighted by molar-refractivity contribution is 5.92. The van der Waals surface area contributed by atoms with E-state index < -0.39 is 5.97 Å². The van der Waals surface area contributed by atoms with Gasteiger partial charge < -0.3 is 5.11 Å². The largest absolute Gasteiger partial charge is 0.478 e. The van der Waals surface area contributed by atoms with Crippen LogP contribution >= 0.6 is 0 Å². The minimum atomic E-state index is -0.951. The van der Waals surface area contributed by atoms with E-state index in [1.54, 1.807) is 6.07 Å². The van der Waals surface area contributed by atoms with Crippen LogP contribution in [-0.4, -0.2) is 16.1 Å². The van der Waals surface area contributed by atoms with Crippen LogP contribution in [0.1, 0.15) is 21.5 Å². The van der Waals surface area contributed by atoms with Crippen LogP contribution in [-0.2, 0) is 6.42 Å². The fourth-order valence-electron chi connectivity index (χ4n) is 2.24. The zero-order valence-electron chi connectivity index (χ0n) is 10.8. The highest BCUT2D eigenvalue weighted by atomic mass is 16.4. The molecule has 1 heterocycles. The van der Waals surface area contributed by atoms with Crippen molar-refractivity contribution in [3.63, 3.8) is 0 Å². The summed E-state index contributed by atoms with van der Waals surface area (Å²) in [6, 6.07) is 17.8. The number of pyridine rings is 1.